The molecule has 13 heteroatoms. The summed E-state index contributed by atoms with van der Waals surface area (Å²) in [5.74, 6) is 6.36. The smallest absolute Gasteiger partial charge is 0.332 e. The van der Waals surface area contributed by atoms with E-state index in [0.717, 1.165) is 35.6 Å². The minimum atomic E-state index is -3.60. The molecular formula is C24H30N8O4S. The molecule has 4 heterocycles. The van der Waals surface area contributed by atoms with E-state index in [9.17, 15) is 18.0 Å². The van der Waals surface area contributed by atoms with Gasteiger partial charge in [0.2, 0.25) is 5.95 Å². The molecular weight excluding hydrogens is 496 g/mol. The fourth-order valence-electron chi connectivity index (χ4n) is 4.40. The summed E-state index contributed by atoms with van der Waals surface area (Å²) in [4.78, 5) is 37.7. The maximum Gasteiger partial charge on any atom is 0.332 e. The Morgan fingerprint density at radius 3 is 2.65 bits per heavy atom. The van der Waals surface area contributed by atoms with Crippen LogP contribution in [0.1, 0.15) is 19.8 Å². The van der Waals surface area contributed by atoms with Crippen molar-refractivity contribution in [3.8, 4) is 11.8 Å². The molecule has 1 aliphatic heterocycles. The molecule has 3 aromatic heterocycles. The fraction of sp³-hybridized carbons (Fsp3) is 0.417. The van der Waals surface area contributed by atoms with Gasteiger partial charge in [-0.25, -0.2) is 13.2 Å². The van der Waals surface area contributed by atoms with Crippen molar-refractivity contribution < 1.29 is 8.42 Å². The minimum Gasteiger partial charge on any atom is -0.357 e. The van der Waals surface area contributed by atoms with Crippen LogP contribution >= 0.6 is 0 Å². The van der Waals surface area contributed by atoms with Crippen molar-refractivity contribution in [2.45, 2.75) is 38.9 Å². The van der Waals surface area contributed by atoms with Crippen molar-refractivity contribution in [2.24, 2.45) is 12.8 Å². The van der Waals surface area contributed by atoms with Crippen LogP contribution < -0.4 is 27.2 Å². The number of pyridine rings is 1. The second kappa shape index (κ2) is 10.6. The molecule has 1 atom stereocenters. The molecule has 1 aliphatic rings. The molecule has 0 radical (unpaired) electrons. The molecule has 0 saturated carbocycles. The Hall–Kier alpha value is -3.89. The first-order valence-electron chi connectivity index (χ1n) is 11.8. The molecule has 1 fully saturated rings. The van der Waals surface area contributed by atoms with Crippen LogP contribution in [0.2, 0.25) is 0 Å². The van der Waals surface area contributed by atoms with Crippen molar-refractivity contribution in [1.29, 1.82) is 0 Å². The number of aryl methyl sites for hydroxylation is 1. The summed E-state index contributed by atoms with van der Waals surface area (Å²) in [6.45, 7) is 2.89. The molecule has 0 bridgehead atoms. The zero-order chi connectivity index (χ0) is 26.7. The number of hydrogen-bond donors (Lipinski definition) is 2. The summed E-state index contributed by atoms with van der Waals surface area (Å²) in [6, 6.07) is 3.27. The second-order valence-electron chi connectivity index (χ2n) is 9.01. The molecule has 12 nitrogen and oxygen atoms in total. The van der Waals surface area contributed by atoms with E-state index in [1.54, 1.807) is 36.0 Å². The van der Waals surface area contributed by atoms with Gasteiger partial charge >= 0.3 is 5.69 Å². The maximum atomic E-state index is 13.8. The van der Waals surface area contributed by atoms with Crippen molar-refractivity contribution >= 4 is 32.6 Å². The Bertz CT molecular complexity index is 1620. The van der Waals surface area contributed by atoms with Crippen LogP contribution in [-0.2, 0) is 30.0 Å². The number of fused-ring (bicyclic) bond motifs is 1. The first kappa shape index (κ1) is 26.2. The van der Waals surface area contributed by atoms with Gasteiger partial charge < -0.3 is 16.0 Å². The van der Waals surface area contributed by atoms with Crippen LogP contribution in [0.25, 0.3) is 11.2 Å². The summed E-state index contributed by atoms with van der Waals surface area (Å²) in [5.41, 5.74) is 6.12. The SMILES string of the molecule is CC#CCn1c(N2CCCC(N)C2)nc2c1c(=O)n(CC(=CS(C)(=O)=O)Nc1ccncc1)c(=O)n2C. The van der Waals surface area contributed by atoms with Crippen LogP contribution in [0.3, 0.4) is 0 Å². The van der Waals surface area contributed by atoms with Crippen molar-refractivity contribution in [3.05, 3.63) is 56.5 Å². The zero-order valence-corrected chi connectivity index (χ0v) is 21.8. The van der Waals surface area contributed by atoms with Gasteiger partial charge in [-0.1, -0.05) is 5.92 Å². The van der Waals surface area contributed by atoms with Crippen molar-refractivity contribution in [3.63, 3.8) is 0 Å². The summed E-state index contributed by atoms with van der Waals surface area (Å²) in [6.07, 6.45) is 5.90. The lowest BCUT2D eigenvalue weighted by atomic mass is 10.1. The number of nitrogens with zero attached hydrogens (tertiary/aromatic N) is 6. The molecule has 4 rings (SSSR count). The molecule has 3 aromatic rings. The molecule has 0 amide bonds. The number of anilines is 2. The number of allylic oxidation sites excluding steroid dienone is 1. The zero-order valence-electron chi connectivity index (χ0n) is 21.0. The molecule has 37 heavy (non-hydrogen) atoms. The number of imidazole rings is 1. The Morgan fingerprint density at radius 2 is 2.00 bits per heavy atom. The molecule has 1 unspecified atom stereocenters. The van der Waals surface area contributed by atoms with Crippen molar-refractivity contribution in [1.82, 2.24) is 23.7 Å². The largest absolute Gasteiger partial charge is 0.357 e. The molecule has 1 saturated heterocycles. The molecule has 0 spiro atoms. The minimum absolute atomic E-state index is 0.0253. The Morgan fingerprint density at radius 1 is 1.27 bits per heavy atom. The Labute approximate surface area is 214 Å². The Kier molecular flexibility index (Phi) is 7.51. The van der Waals surface area contributed by atoms with Gasteiger partial charge in [-0.15, -0.1) is 5.92 Å². The van der Waals surface area contributed by atoms with E-state index >= 15 is 0 Å². The topological polar surface area (TPSA) is 150 Å². The highest BCUT2D eigenvalue weighted by atomic mass is 32.2. The van der Waals surface area contributed by atoms with Gasteiger partial charge in [0.1, 0.15) is 0 Å². The molecule has 0 aliphatic carbocycles. The highest BCUT2D eigenvalue weighted by molar-refractivity contribution is 7.93. The fourth-order valence-corrected chi connectivity index (χ4v) is 5.05. The summed E-state index contributed by atoms with van der Waals surface area (Å²) in [5, 5.41) is 3.99. The van der Waals surface area contributed by atoms with Crippen LogP contribution in [0, 0.1) is 11.8 Å². The van der Waals surface area contributed by atoms with Crippen LogP contribution in [-0.4, -0.2) is 57.5 Å². The van der Waals surface area contributed by atoms with Gasteiger partial charge in [0.05, 0.1) is 18.5 Å². The van der Waals surface area contributed by atoms with E-state index in [1.165, 1.54) is 11.6 Å². The number of nitrogens with one attached hydrogen (secondary N) is 1. The molecule has 0 aromatic carbocycles. The average molecular weight is 527 g/mol. The van der Waals surface area contributed by atoms with E-state index in [4.69, 9.17) is 5.73 Å². The van der Waals surface area contributed by atoms with Crippen LogP contribution in [0.5, 0.6) is 0 Å². The summed E-state index contributed by atoms with van der Waals surface area (Å²) >= 11 is 0. The van der Waals surface area contributed by atoms with Gasteiger partial charge in [0.25, 0.3) is 5.56 Å². The van der Waals surface area contributed by atoms with E-state index < -0.39 is 21.1 Å². The monoisotopic (exact) mass is 526 g/mol. The van der Waals surface area contributed by atoms with E-state index in [1.807, 2.05) is 4.90 Å². The Balaban J connectivity index is 1.89. The van der Waals surface area contributed by atoms with E-state index in [2.05, 4.69) is 27.1 Å². The molecule has 196 valence electrons. The first-order valence-corrected chi connectivity index (χ1v) is 13.7. The number of nitrogens with two attached hydrogens (primary N) is 1. The second-order valence-corrected chi connectivity index (χ2v) is 10.9. The normalized spacial score (nSPS) is 16.5. The van der Waals surface area contributed by atoms with Gasteiger partial charge in [-0.05, 0) is 31.9 Å². The van der Waals surface area contributed by atoms with Crippen LogP contribution in [0.15, 0.2) is 45.2 Å². The predicted octanol–water partition coefficient (Wildman–Crippen LogP) is 0.241. The summed E-state index contributed by atoms with van der Waals surface area (Å²) < 4.78 is 28.2. The first-order chi connectivity index (χ1) is 17.6. The van der Waals surface area contributed by atoms with Crippen LogP contribution in [0.4, 0.5) is 11.6 Å². The lowest BCUT2D eigenvalue weighted by Crippen LogP contribution is -2.44. The quantitative estimate of drug-likeness (QED) is 0.413. The number of sulfone groups is 1. The van der Waals surface area contributed by atoms with Gasteiger partial charge in [0, 0.05) is 56.2 Å². The van der Waals surface area contributed by atoms with Crippen molar-refractivity contribution in [2.75, 3.05) is 29.6 Å². The standard InChI is InChI=1S/C24H30N8O4S/c1-4-5-13-31-20-21(28-23(31)30-12-6-7-17(25)14-30)29(2)24(34)32(22(20)33)15-19(16-37(3,35)36)27-18-8-10-26-11-9-18/h8-11,16-17H,6-7,12-15,25H2,1-3H3,(H,26,27). The number of rotatable bonds is 7. The average Bonchev–Trinajstić information content (AvgIpc) is 3.23. The summed E-state index contributed by atoms with van der Waals surface area (Å²) in [7, 11) is -2.06. The number of piperidine rings is 1. The lowest BCUT2D eigenvalue weighted by molar-refractivity contribution is 0.496. The predicted molar refractivity (Wildman–Crippen MR) is 143 cm³/mol. The highest BCUT2D eigenvalue weighted by Crippen LogP contribution is 2.23. The van der Waals surface area contributed by atoms with E-state index in [0.29, 0.717) is 18.2 Å². The number of hydrogen-bond acceptors (Lipinski definition) is 9. The highest BCUT2D eigenvalue weighted by Gasteiger charge is 2.26. The van der Waals surface area contributed by atoms with Gasteiger partial charge in [-0.2, -0.15) is 4.98 Å². The third-order valence-electron chi connectivity index (χ3n) is 6.04. The third kappa shape index (κ3) is 5.76. The maximum absolute atomic E-state index is 13.8. The number of aromatic nitrogens is 5. The molecule has 3 N–H and O–H groups in total. The van der Waals surface area contributed by atoms with E-state index in [-0.39, 0.29) is 36.0 Å². The van der Waals surface area contributed by atoms with Gasteiger partial charge in [0.15, 0.2) is 21.0 Å². The van der Waals surface area contributed by atoms with Gasteiger partial charge in [-0.3, -0.25) is 23.5 Å². The lowest BCUT2D eigenvalue weighted by Gasteiger charge is -2.31. The third-order valence-corrected chi connectivity index (χ3v) is 6.75.